The van der Waals surface area contributed by atoms with Crippen molar-refractivity contribution in [2.24, 2.45) is 0 Å². The van der Waals surface area contributed by atoms with Crippen LogP contribution in [-0.4, -0.2) is 41.6 Å². The topological polar surface area (TPSA) is 134 Å². The second-order valence-corrected chi connectivity index (χ2v) is 10.6. The molecule has 0 aliphatic carbocycles. The van der Waals surface area contributed by atoms with Crippen molar-refractivity contribution in [3.05, 3.63) is 107 Å². The molecule has 0 unspecified atom stereocenters. The van der Waals surface area contributed by atoms with Gasteiger partial charge in [-0.25, -0.2) is 9.59 Å². The highest BCUT2D eigenvalue weighted by Crippen LogP contribution is 2.25. The first-order valence-electron chi connectivity index (χ1n) is 13.4. The van der Waals surface area contributed by atoms with Gasteiger partial charge in [0, 0.05) is 22.5 Å². The summed E-state index contributed by atoms with van der Waals surface area (Å²) in [6.07, 6.45) is 1.50. The largest absolute Gasteiger partial charge is 0.478 e. The van der Waals surface area contributed by atoms with Crippen LogP contribution in [-0.2, 0) is 20.9 Å². The normalized spacial score (nSPS) is 11.9. The number of aliphatic carboxylic acids is 1. The Morgan fingerprint density at radius 3 is 2.43 bits per heavy atom. The van der Waals surface area contributed by atoms with Crippen molar-refractivity contribution < 1.29 is 29.0 Å². The van der Waals surface area contributed by atoms with Gasteiger partial charge in [0.25, 0.3) is 5.91 Å². The monoisotopic (exact) mass is 585 g/mol. The predicted molar refractivity (Wildman–Crippen MR) is 163 cm³/mol. The van der Waals surface area contributed by atoms with Crippen molar-refractivity contribution in [1.82, 2.24) is 10.6 Å². The number of carboxylic acid groups (broad SMARTS) is 1. The minimum absolute atomic E-state index is 0.108. The fourth-order valence-corrected chi connectivity index (χ4v) is 5.08. The molecule has 10 heteroatoms. The molecule has 4 N–H and O–H groups in total. The van der Waals surface area contributed by atoms with Crippen molar-refractivity contribution >= 4 is 57.1 Å². The number of carboxylic acids is 1. The van der Waals surface area contributed by atoms with Crippen LogP contribution in [0.15, 0.2) is 90.5 Å². The number of para-hydroxylation sites is 1. The third kappa shape index (κ3) is 8.52. The van der Waals surface area contributed by atoms with Gasteiger partial charge < -0.3 is 25.8 Å². The Kier molecular flexibility index (Phi) is 10.4. The molecular weight excluding hydrogens is 554 g/mol. The van der Waals surface area contributed by atoms with Gasteiger partial charge in [-0.15, -0.1) is 11.3 Å². The number of carbonyl (C=O) groups excluding carboxylic acids is 3. The van der Waals surface area contributed by atoms with Gasteiger partial charge in [0.1, 0.15) is 12.6 Å². The summed E-state index contributed by atoms with van der Waals surface area (Å²) in [5.41, 5.74) is 1.90. The molecule has 1 heterocycles. The molecule has 42 heavy (non-hydrogen) atoms. The van der Waals surface area contributed by atoms with Gasteiger partial charge in [-0.3, -0.25) is 9.59 Å². The molecule has 0 saturated carbocycles. The number of hydrogen-bond acceptors (Lipinski definition) is 6. The molecule has 0 fully saturated rings. The summed E-state index contributed by atoms with van der Waals surface area (Å²) in [6.45, 7) is 1.83. The summed E-state index contributed by atoms with van der Waals surface area (Å²) in [5.74, 6) is -1.93. The minimum Gasteiger partial charge on any atom is -0.478 e. The van der Waals surface area contributed by atoms with Crippen LogP contribution in [0, 0.1) is 0 Å². The van der Waals surface area contributed by atoms with Crippen molar-refractivity contribution in [2.45, 2.75) is 32.4 Å². The number of nitrogens with one attached hydrogen (secondary N) is 3. The number of thiophene rings is 1. The SMILES string of the molecule is CC(=Cc1ccccc1NC(=O)[C@H](CCCNC(=O)OCc1ccccc1)NC(=O)c1cc2ccccc2s1)C(=O)O. The summed E-state index contributed by atoms with van der Waals surface area (Å²) in [4.78, 5) is 50.6. The van der Waals surface area contributed by atoms with E-state index in [2.05, 4.69) is 16.0 Å². The van der Waals surface area contributed by atoms with Crippen molar-refractivity contribution in [2.75, 3.05) is 11.9 Å². The molecular formula is C32H31N3O6S. The molecule has 0 spiro atoms. The van der Waals surface area contributed by atoms with E-state index in [9.17, 15) is 24.3 Å². The Morgan fingerprint density at radius 2 is 1.67 bits per heavy atom. The molecule has 0 aliphatic rings. The second kappa shape index (κ2) is 14.6. The molecule has 216 valence electrons. The van der Waals surface area contributed by atoms with Gasteiger partial charge in [0.2, 0.25) is 5.91 Å². The number of anilines is 1. The highest BCUT2D eigenvalue weighted by atomic mass is 32.1. The first kappa shape index (κ1) is 30.0. The molecule has 4 aromatic rings. The van der Waals surface area contributed by atoms with E-state index < -0.39 is 24.0 Å². The van der Waals surface area contributed by atoms with Gasteiger partial charge in [0.05, 0.1) is 4.88 Å². The van der Waals surface area contributed by atoms with E-state index in [4.69, 9.17) is 4.74 Å². The smallest absolute Gasteiger partial charge is 0.407 e. The van der Waals surface area contributed by atoms with E-state index in [1.807, 2.05) is 54.6 Å². The zero-order valence-electron chi connectivity index (χ0n) is 23.0. The van der Waals surface area contributed by atoms with Gasteiger partial charge in [-0.1, -0.05) is 66.7 Å². The van der Waals surface area contributed by atoms with Crippen molar-refractivity contribution in [3.63, 3.8) is 0 Å². The number of amides is 3. The standard InChI is InChI=1S/C32H31N3O6S/c1-21(31(38)39)18-23-12-5-7-14-25(23)34-29(36)26(35-30(37)28-19-24-13-6-8-16-27(24)42-28)15-9-17-33-32(40)41-20-22-10-3-2-4-11-22/h2-8,10-14,16,18-19,26H,9,15,17,20H2,1H3,(H,33,40)(H,34,36)(H,35,37)(H,38,39)/t26-/m0/s1. The highest BCUT2D eigenvalue weighted by molar-refractivity contribution is 7.20. The van der Waals surface area contributed by atoms with Gasteiger partial charge in [0.15, 0.2) is 0 Å². The average molecular weight is 586 g/mol. The van der Waals surface area contributed by atoms with E-state index in [0.29, 0.717) is 22.5 Å². The molecule has 0 saturated heterocycles. The van der Waals surface area contributed by atoms with Crippen LogP contribution in [0.2, 0.25) is 0 Å². The van der Waals surface area contributed by atoms with E-state index in [0.717, 1.165) is 15.6 Å². The lowest BCUT2D eigenvalue weighted by Gasteiger charge is -2.19. The Bertz CT molecular complexity index is 1570. The molecule has 9 nitrogen and oxygen atoms in total. The van der Waals surface area contributed by atoms with Crippen LogP contribution in [0.1, 0.15) is 40.6 Å². The van der Waals surface area contributed by atoms with E-state index in [-0.39, 0.29) is 31.1 Å². The lowest BCUT2D eigenvalue weighted by Crippen LogP contribution is -2.44. The molecule has 3 amide bonds. The molecule has 0 bridgehead atoms. The number of hydrogen-bond donors (Lipinski definition) is 4. The van der Waals surface area contributed by atoms with Crippen LogP contribution < -0.4 is 16.0 Å². The third-order valence-corrected chi connectivity index (χ3v) is 7.47. The van der Waals surface area contributed by atoms with Crippen LogP contribution in [0.3, 0.4) is 0 Å². The minimum atomic E-state index is -1.07. The van der Waals surface area contributed by atoms with Gasteiger partial charge >= 0.3 is 12.1 Å². The highest BCUT2D eigenvalue weighted by Gasteiger charge is 2.23. The van der Waals surface area contributed by atoms with Crippen LogP contribution in [0.5, 0.6) is 0 Å². The van der Waals surface area contributed by atoms with Crippen molar-refractivity contribution in [3.8, 4) is 0 Å². The zero-order chi connectivity index (χ0) is 29.9. The first-order valence-corrected chi connectivity index (χ1v) is 14.2. The summed E-state index contributed by atoms with van der Waals surface area (Å²) in [6, 6.07) is 24.6. The quantitative estimate of drug-likeness (QED) is 0.122. The van der Waals surface area contributed by atoms with Gasteiger partial charge in [-0.2, -0.15) is 0 Å². The van der Waals surface area contributed by atoms with Crippen LogP contribution in [0.25, 0.3) is 16.2 Å². The predicted octanol–water partition coefficient (Wildman–Crippen LogP) is 5.83. The Morgan fingerprint density at radius 1 is 0.952 bits per heavy atom. The first-order chi connectivity index (χ1) is 20.3. The van der Waals surface area contributed by atoms with E-state index in [1.54, 1.807) is 30.3 Å². The van der Waals surface area contributed by atoms with E-state index in [1.165, 1.54) is 24.3 Å². The molecule has 3 aromatic carbocycles. The maximum Gasteiger partial charge on any atom is 0.407 e. The van der Waals surface area contributed by atoms with E-state index >= 15 is 0 Å². The van der Waals surface area contributed by atoms with Crippen LogP contribution in [0.4, 0.5) is 10.5 Å². The fraction of sp³-hybridized carbons (Fsp3) is 0.188. The lowest BCUT2D eigenvalue weighted by molar-refractivity contribution is -0.132. The summed E-state index contributed by atoms with van der Waals surface area (Å²) >= 11 is 1.33. The number of benzene rings is 3. The summed E-state index contributed by atoms with van der Waals surface area (Å²) in [7, 11) is 0. The average Bonchev–Trinajstić information content (AvgIpc) is 3.43. The molecule has 0 aliphatic heterocycles. The number of fused-ring (bicyclic) bond motifs is 1. The summed E-state index contributed by atoms with van der Waals surface area (Å²) < 4.78 is 6.18. The van der Waals surface area contributed by atoms with Gasteiger partial charge in [-0.05, 0) is 60.6 Å². The maximum absolute atomic E-state index is 13.4. The number of ether oxygens (including phenoxy) is 1. The summed E-state index contributed by atoms with van der Waals surface area (Å²) in [5, 5.41) is 18.5. The molecule has 1 aromatic heterocycles. The lowest BCUT2D eigenvalue weighted by atomic mass is 10.1. The molecule has 1 atom stereocenters. The Hall–Kier alpha value is -4.96. The number of carbonyl (C=O) groups is 4. The molecule has 4 rings (SSSR count). The van der Waals surface area contributed by atoms with Crippen molar-refractivity contribution in [1.29, 1.82) is 0 Å². The third-order valence-electron chi connectivity index (χ3n) is 6.35. The zero-order valence-corrected chi connectivity index (χ0v) is 23.8. The maximum atomic E-state index is 13.4. The molecule has 0 radical (unpaired) electrons. The second-order valence-electron chi connectivity index (χ2n) is 9.51. The Labute approximate surface area is 247 Å². The number of alkyl carbamates (subject to hydrolysis) is 1. The fourth-order valence-electron chi connectivity index (χ4n) is 4.11. The number of rotatable bonds is 12. The Balaban J connectivity index is 1.42. The van der Waals surface area contributed by atoms with Crippen LogP contribution >= 0.6 is 11.3 Å².